The van der Waals surface area contributed by atoms with Gasteiger partial charge in [-0.1, -0.05) is 6.92 Å². The molecule has 0 saturated carbocycles. The van der Waals surface area contributed by atoms with E-state index in [-0.39, 0.29) is 12.0 Å². The summed E-state index contributed by atoms with van der Waals surface area (Å²) in [4.78, 5) is 0. The van der Waals surface area contributed by atoms with E-state index >= 15 is 0 Å². The van der Waals surface area contributed by atoms with Gasteiger partial charge in [0.25, 0.3) is 0 Å². The summed E-state index contributed by atoms with van der Waals surface area (Å²) in [6.07, 6.45) is 3.32. The van der Waals surface area contributed by atoms with Gasteiger partial charge in [-0.2, -0.15) is 0 Å². The molecule has 64 valence electrons. The Morgan fingerprint density at radius 1 is 1.64 bits per heavy atom. The third-order valence-corrected chi connectivity index (χ3v) is 2.30. The highest BCUT2D eigenvalue weighted by Gasteiger charge is 2.32. The van der Waals surface area contributed by atoms with Crippen LogP contribution in [0.3, 0.4) is 0 Å². The van der Waals surface area contributed by atoms with E-state index < -0.39 is 7.12 Å². The van der Waals surface area contributed by atoms with Crippen LogP contribution in [-0.2, 0) is 4.65 Å². The van der Waals surface area contributed by atoms with E-state index in [0.717, 1.165) is 19.3 Å². The average Bonchev–Trinajstić information content (AvgIpc) is 2.04. The zero-order chi connectivity index (χ0) is 8.27. The smallest absolute Gasteiger partial charge is 0.426 e. The molecule has 0 aromatic heterocycles. The van der Waals surface area contributed by atoms with Crippen molar-refractivity contribution in [2.75, 3.05) is 7.05 Å². The Balaban J connectivity index is 2.34. The van der Waals surface area contributed by atoms with Gasteiger partial charge in [0.15, 0.2) is 0 Å². The molecule has 11 heavy (non-hydrogen) atoms. The van der Waals surface area contributed by atoms with E-state index in [0.29, 0.717) is 0 Å². The van der Waals surface area contributed by atoms with Crippen molar-refractivity contribution in [2.24, 2.45) is 0 Å². The van der Waals surface area contributed by atoms with Crippen LogP contribution in [0.15, 0.2) is 0 Å². The van der Waals surface area contributed by atoms with Crippen LogP contribution in [0.25, 0.3) is 0 Å². The van der Waals surface area contributed by atoms with Crippen LogP contribution >= 0.6 is 0 Å². The summed E-state index contributed by atoms with van der Waals surface area (Å²) in [5, 5.41) is 12.4. The van der Waals surface area contributed by atoms with Crippen molar-refractivity contribution < 1.29 is 9.68 Å². The van der Waals surface area contributed by atoms with Gasteiger partial charge in [0.05, 0.1) is 0 Å². The second-order valence-electron chi connectivity index (χ2n) is 3.03. The standard InChI is InChI=1S/C7H16BNO2/c1-3-6-4-5-7(9-2)8(10)11-6/h6-7,9-10H,3-5H2,1-2H3. The summed E-state index contributed by atoms with van der Waals surface area (Å²) in [7, 11) is 1.24. The average molecular weight is 157 g/mol. The van der Waals surface area contributed by atoms with Crippen LogP contribution in [0, 0.1) is 0 Å². The Labute approximate surface area is 68.3 Å². The lowest BCUT2D eigenvalue weighted by Crippen LogP contribution is -2.49. The van der Waals surface area contributed by atoms with Crippen LogP contribution in [-0.4, -0.2) is 31.2 Å². The first-order valence-corrected chi connectivity index (χ1v) is 4.28. The fourth-order valence-corrected chi connectivity index (χ4v) is 1.46. The molecule has 0 radical (unpaired) electrons. The highest BCUT2D eigenvalue weighted by molar-refractivity contribution is 6.45. The highest BCUT2D eigenvalue weighted by atomic mass is 16.5. The Kier molecular flexibility index (Phi) is 3.36. The molecule has 0 aromatic rings. The zero-order valence-corrected chi connectivity index (χ0v) is 7.21. The van der Waals surface area contributed by atoms with Crippen molar-refractivity contribution in [3.8, 4) is 0 Å². The predicted molar refractivity (Wildman–Crippen MR) is 45.2 cm³/mol. The van der Waals surface area contributed by atoms with Crippen LogP contribution < -0.4 is 5.32 Å². The molecule has 1 aliphatic heterocycles. The molecule has 1 rings (SSSR count). The van der Waals surface area contributed by atoms with E-state index in [9.17, 15) is 5.02 Å². The molecule has 3 nitrogen and oxygen atoms in total. The molecular formula is C7H16BNO2. The molecule has 0 bridgehead atoms. The maximum Gasteiger partial charge on any atom is 0.472 e. The molecule has 0 spiro atoms. The molecule has 2 unspecified atom stereocenters. The third kappa shape index (κ3) is 2.19. The van der Waals surface area contributed by atoms with Gasteiger partial charge >= 0.3 is 7.12 Å². The Morgan fingerprint density at radius 3 is 2.82 bits per heavy atom. The first-order chi connectivity index (χ1) is 5.27. The lowest BCUT2D eigenvalue weighted by atomic mass is 9.72. The molecule has 1 saturated heterocycles. The number of hydrogen-bond donors (Lipinski definition) is 2. The van der Waals surface area contributed by atoms with Gasteiger partial charge < -0.3 is 15.0 Å². The van der Waals surface area contributed by atoms with Gasteiger partial charge in [0, 0.05) is 12.0 Å². The van der Waals surface area contributed by atoms with Crippen molar-refractivity contribution in [2.45, 2.75) is 38.2 Å². The van der Waals surface area contributed by atoms with Crippen LogP contribution in [0.5, 0.6) is 0 Å². The minimum Gasteiger partial charge on any atom is -0.426 e. The van der Waals surface area contributed by atoms with Gasteiger partial charge in [-0.3, -0.25) is 0 Å². The molecule has 4 heteroatoms. The summed E-state index contributed by atoms with van der Waals surface area (Å²) in [5.41, 5.74) is 0. The Morgan fingerprint density at radius 2 is 2.36 bits per heavy atom. The summed E-state index contributed by atoms with van der Waals surface area (Å²) in [6.45, 7) is 2.08. The van der Waals surface area contributed by atoms with Crippen LogP contribution in [0.1, 0.15) is 26.2 Å². The summed E-state index contributed by atoms with van der Waals surface area (Å²) in [5.74, 6) is 0.123. The summed E-state index contributed by atoms with van der Waals surface area (Å²) >= 11 is 0. The maximum absolute atomic E-state index is 9.39. The van der Waals surface area contributed by atoms with E-state index in [2.05, 4.69) is 12.2 Å². The topological polar surface area (TPSA) is 41.5 Å². The quantitative estimate of drug-likeness (QED) is 0.562. The molecule has 2 N–H and O–H groups in total. The van der Waals surface area contributed by atoms with Crippen LogP contribution in [0.2, 0.25) is 0 Å². The van der Waals surface area contributed by atoms with Crippen molar-refractivity contribution in [1.82, 2.24) is 5.32 Å². The van der Waals surface area contributed by atoms with Gasteiger partial charge in [-0.15, -0.1) is 0 Å². The number of hydrogen-bond acceptors (Lipinski definition) is 3. The highest BCUT2D eigenvalue weighted by Crippen LogP contribution is 2.17. The molecule has 1 heterocycles. The number of nitrogens with one attached hydrogen (secondary N) is 1. The Hall–Kier alpha value is -0.0551. The van der Waals surface area contributed by atoms with Crippen molar-refractivity contribution in [3.63, 3.8) is 0 Å². The fraction of sp³-hybridized carbons (Fsp3) is 1.00. The van der Waals surface area contributed by atoms with Gasteiger partial charge in [-0.25, -0.2) is 0 Å². The molecule has 2 atom stereocenters. The van der Waals surface area contributed by atoms with E-state index in [1.54, 1.807) is 0 Å². The molecule has 0 aromatic carbocycles. The normalized spacial score (nSPS) is 32.5. The number of rotatable bonds is 2. The minimum absolute atomic E-state index is 0.123. The van der Waals surface area contributed by atoms with Crippen molar-refractivity contribution in [1.29, 1.82) is 0 Å². The lowest BCUT2D eigenvalue weighted by Gasteiger charge is -2.30. The first-order valence-electron chi connectivity index (χ1n) is 4.28. The second kappa shape index (κ2) is 4.09. The summed E-state index contributed by atoms with van der Waals surface area (Å²) in [6, 6.07) is 0. The molecule has 0 amide bonds. The zero-order valence-electron chi connectivity index (χ0n) is 7.21. The van der Waals surface area contributed by atoms with Crippen molar-refractivity contribution in [3.05, 3.63) is 0 Å². The summed E-state index contributed by atoms with van der Waals surface area (Å²) < 4.78 is 5.33. The van der Waals surface area contributed by atoms with E-state index in [1.807, 2.05) is 7.05 Å². The van der Waals surface area contributed by atoms with Gasteiger partial charge in [0.1, 0.15) is 0 Å². The maximum atomic E-state index is 9.39. The fourth-order valence-electron chi connectivity index (χ4n) is 1.46. The third-order valence-electron chi connectivity index (χ3n) is 2.30. The van der Waals surface area contributed by atoms with Gasteiger partial charge in [0.2, 0.25) is 0 Å². The van der Waals surface area contributed by atoms with Crippen LogP contribution in [0.4, 0.5) is 0 Å². The first kappa shape index (κ1) is 9.04. The minimum atomic E-state index is -0.612. The lowest BCUT2D eigenvalue weighted by molar-refractivity contribution is 0.116. The Bertz CT molecular complexity index is 123. The largest absolute Gasteiger partial charge is 0.472 e. The van der Waals surface area contributed by atoms with Gasteiger partial charge in [-0.05, 0) is 26.3 Å². The molecule has 1 aliphatic rings. The van der Waals surface area contributed by atoms with E-state index in [1.165, 1.54) is 0 Å². The second-order valence-corrected chi connectivity index (χ2v) is 3.03. The molecule has 1 fully saturated rings. The SMILES string of the molecule is CCC1CCC(NC)B(O)O1. The molecule has 0 aliphatic carbocycles. The van der Waals surface area contributed by atoms with E-state index in [4.69, 9.17) is 4.65 Å². The predicted octanol–water partition coefficient (Wildman–Crippen LogP) is 0.183. The molecular weight excluding hydrogens is 141 g/mol. The van der Waals surface area contributed by atoms with Crippen molar-refractivity contribution >= 4 is 7.12 Å². The monoisotopic (exact) mass is 157 g/mol.